The molecule has 0 radical (unpaired) electrons. The van der Waals surface area contributed by atoms with Gasteiger partial charge in [-0.15, -0.1) is 0 Å². The standard InChI is InChI=1S/C19H17ClO3/c1-18(2,14-9-4-3-5-10-14)23-17(22)19(20)12-13-8-6-7-11-15(13)16(19)21/h3-11H,12H2,1-2H3/t19-/m1/s1. The first-order valence-electron chi connectivity index (χ1n) is 7.45. The molecule has 3 rings (SSSR count). The molecule has 0 aromatic heterocycles. The maximum Gasteiger partial charge on any atom is 0.336 e. The molecule has 1 aliphatic carbocycles. The molecule has 0 spiro atoms. The highest BCUT2D eigenvalue weighted by molar-refractivity contribution is 6.49. The van der Waals surface area contributed by atoms with Crippen LogP contribution in [-0.2, 0) is 21.6 Å². The van der Waals surface area contributed by atoms with Crippen molar-refractivity contribution in [1.29, 1.82) is 0 Å². The minimum Gasteiger partial charge on any atom is -0.453 e. The second-order valence-corrected chi connectivity index (χ2v) is 6.88. The van der Waals surface area contributed by atoms with Crippen LogP contribution in [0.1, 0.15) is 35.3 Å². The molecule has 0 aliphatic heterocycles. The zero-order valence-corrected chi connectivity index (χ0v) is 13.8. The predicted octanol–water partition coefficient (Wildman–Crippen LogP) is 3.88. The minimum atomic E-state index is -1.67. The number of halogens is 1. The Kier molecular flexibility index (Phi) is 3.77. The zero-order valence-electron chi connectivity index (χ0n) is 13.0. The highest BCUT2D eigenvalue weighted by Gasteiger charge is 2.52. The second-order valence-electron chi connectivity index (χ2n) is 6.23. The largest absolute Gasteiger partial charge is 0.453 e. The monoisotopic (exact) mass is 328 g/mol. The van der Waals surface area contributed by atoms with E-state index in [0.717, 1.165) is 11.1 Å². The molecule has 0 bridgehead atoms. The summed E-state index contributed by atoms with van der Waals surface area (Å²) in [6.07, 6.45) is 0.160. The molecule has 0 heterocycles. The van der Waals surface area contributed by atoms with Gasteiger partial charge in [0.25, 0.3) is 0 Å². The van der Waals surface area contributed by atoms with Gasteiger partial charge in [-0.05, 0) is 25.0 Å². The third kappa shape index (κ3) is 2.66. The van der Waals surface area contributed by atoms with E-state index in [1.807, 2.05) is 42.5 Å². The van der Waals surface area contributed by atoms with Crippen molar-refractivity contribution in [3.05, 3.63) is 71.3 Å². The smallest absolute Gasteiger partial charge is 0.336 e. The van der Waals surface area contributed by atoms with Gasteiger partial charge >= 0.3 is 5.97 Å². The lowest BCUT2D eigenvalue weighted by molar-refractivity contribution is -0.159. The van der Waals surface area contributed by atoms with Crippen LogP contribution in [0.25, 0.3) is 0 Å². The Morgan fingerprint density at radius 2 is 1.70 bits per heavy atom. The van der Waals surface area contributed by atoms with Crippen LogP contribution >= 0.6 is 11.6 Å². The van der Waals surface area contributed by atoms with E-state index in [0.29, 0.717) is 5.56 Å². The number of alkyl halides is 1. The number of fused-ring (bicyclic) bond motifs is 1. The van der Waals surface area contributed by atoms with Crippen molar-refractivity contribution in [3.8, 4) is 0 Å². The zero-order chi connectivity index (χ0) is 16.7. The van der Waals surface area contributed by atoms with Crippen molar-refractivity contribution in [3.63, 3.8) is 0 Å². The number of carbonyl (C=O) groups excluding carboxylic acids is 2. The Hall–Kier alpha value is -2.13. The third-order valence-corrected chi connectivity index (χ3v) is 4.66. The number of ether oxygens (including phenoxy) is 1. The Labute approximate surface area is 140 Å². The molecular weight excluding hydrogens is 312 g/mol. The van der Waals surface area contributed by atoms with Crippen LogP contribution in [-0.4, -0.2) is 16.6 Å². The van der Waals surface area contributed by atoms with Gasteiger partial charge in [0, 0.05) is 12.0 Å². The van der Waals surface area contributed by atoms with Gasteiger partial charge < -0.3 is 4.74 Å². The van der Waals surface area contributed by atoms with Crippen LogP contribution in [0.3, 0.4) is 0 Å². The van der Waals surface area contributed by atoms with Gasteiger partial charge in [-0.25, -0.2) is 4.79 Å². The van der Waals surface area contributed by atoms with E-state index in [4.69, 9.17) is 16.3 Å². The predicted molar refractivity (Wildman–Crippen MR) is 88.6 cm³/mol. The van der Waals surface area contributed by atoms with Crippen LogP contribution in [0.15, 0.2) is 54.6 Å². The Balaban J connectivity index is 1.86. The van der Waals surface area contributed by atoms with Gasteiger partial charge in [0.05, 0.1) is 0 Å². The fourth-order valence-electron chi connectivity index (χ4n) is 2.83. The van der Waals surface area contributed by atoms with Crippen molar-refractivity contribution in [2.75, 3.05) is 0 Å². The maximum absolute atomic E-state index is 12.7. The summed E-state index contributed by atoms with van der Waals surface area (Å²) in [4.78, 5) is 23.5. The molecule has 23 heavy (non-hydrogen) atoms. The number of hydrogen-bond acceptors (Lipinski definition) is 3. The number of ketones is 1. The van der Waals surface area contributed by atoms with E-state index >= 15 is 0 Å². The van der Waals surface area contributed by atoms with Crippen molar-refractivity contribution < 1.29 is 14.3 Å². The van der Waals surface area contributed by atoms with E-state index in [2.05, 4.69) is 0 Å². The molecule has 0 amide bonds. The van der Waals surface area contributed by atoms with Crippen molar-refractivity contribution >= 4 is 23.4 Å². The molecule has 3 nitrogen and oxygen atoms in total. The third-order valence-electron chi connectivity index (χ3n) is 4.20. The maximum atomic E-state index is 12.7. The summed E-state index contributed by atoms with van der Waals surface area (Å²) >= 11 is 6.41. The Bertz CT molecular complexity index is 767. The second kappa shape index (κ2) is 5.50. The summed E-state index contributed by atoms with van der Waals surface area (Å²) in [5.41, 5.74) is 1.26. The normalized spacial score (nSPS) is 20.2. The fraction of sp³-hybridized carbons (Fsp3) is 0.263. The lowest BCUT2D eigenvalue weighted by Gasteiger charge is -2.29. The lowest BCUT2D eigenvalue weighted by Crippen LogP contribution is -2.43. The van der Waals surface area contributed by atoms with E-state index in [1.165, 1.54) is 0 Å². The van der Waals surface area contributed by atoms with E-state index in [1.54, 1.807) is 26.0 Å². The highest BCUT2D eigenvalue weighted by Crippen LogP contribution is 2.38. The van der Waals surface area contributed by atoms with Gasteiger partial charge in [-0.1, -0.05) is 66.2 Å². The van der Waals surface area contributed by atoms with Crippen molar-refractivity contribution in [1.82, 2.24) is 0 Å². The summed E-state index contributed by atoms with van der Waals surface area (Å²) in [7, 11) is 0. The molecule has 1 atom stereocenters. The number of benzene rings is 2. The van der Waals surface area contributed by atoms with E-state index in [-0.39, 0.29) is 12.2 Å². The molecule has 4 heteroatoms. The topological polar surface area (TPSA) is 43.4 Å². The molecule has 118 valence electrons. The molecule has 1 aliphatic rings. The first kappa shape index (κ1) is 15.8. The van der Waals surface area contributed by atoms with Gasteiger partial charge in [0.15, 0.2) is 5.78 Å². The van der Waals surface area contributed by atoms with Crippen LogP contribution in [0.5, 0.6) is 0 Å². The van der Waals surface area contributed by atoms with Gasteiger partial charge in [0.2, 0.25) is 4.87 Å². The van der Waals surface area contributed by atoms with Crippen LogP contribution in [0.4, 0.5) is 0 Å². The minimum absolute atomic E-state index is 0.160. The summed E-state index contributed by atoms with van der Waals surface area (Å²) in [5.74, 6) is -1.09. The van der Waals surface area contributed by atoms with Gasteiger partial charge in [-0.2, -0.15) is 0 Å². The molecule has 0 saturated heterocycles. The fourth-order valence-corrected chi connectivity index (χ4v) is 3.11. The van der Waals surface area contributed by atoms with Crippen LogP contribution in [0, 0.1) is 0 Å². The SMILES string of the molecule is CC(C)(OC(=O)[C@@]1(Cl)Cc2ccccc2C1=O)c1ccccc1. The number of rotatable bonds is 3. The lowest BCUT2D eigenvalue weighted by atomic mass is 9.97. The molecule has 0 N–H and O–H groups in total. The number of esters is 1. The molecule has 0 unspecified atom stereocenters. The summed E-state index contributed by atoms with van der Waals surface area (Å²) in [6, 6.07) is 16.5. The summed E-state index contributed by atoms with van der Waals surface area (Å²) in [6.45, 7) is 3.57. The van der Waals surface area contributed by atoms with Crippen molar-refractivity contribution in [2.45, 2.75) is 30.7 Å². The molecule has 2 aromatic carbocycles. The quantitative estimate of drug-likeness (QED) is 0.488. The summed E-state index contributed by atoms with van der Waals surface area (Å²) in [5, 5.41) is 0. The van der Waals surface area contributed by atoms with E-state index in [9.17, 15) is 9.59 Å². The molecule has 0 saturated carbocycles. The summed E-state index contributed by atoms with van der Waals surface area (Å²) < 4.78 is 5.62. The molecule has 0 fully saturated rings. The number of hydrogen-bond donors (Lipinski definition) is 0. The first-order valence-corrected chi connectivity index (χ1v) is 7.83. The van der Waals surface area contributed by atoms with Crippen LogP contribution < -0.4 is 0 Å². The Morgan fingerprint density at radius 3 is 2.35 bits per heavy atom. The van der Waals surface area contributed by atoms with Crippen LogP contribution in [0.2, 0.25) is 0 Å². The number of carbonyl (C=O) groups is 2. The number of Topliss-reactive ketones (excluding diaryl/α,β-unsaturated/α-hetero) is 1. The highest BCUT2D eigenvalue weighted by atomic mass is 35.5. The average molecular weight is 329 g/mol. The average Bonchev–Trinajstić information content (AvgIpc) is 2.81. The van der Waals surface area contributed by atoms with Crippen molar-refractivity contribution in [2.24, 2.45) is 0 Å². The molecular formula is C19H17ClO3. The van der Waals surface area contributed by atoms with Gasteiger partial charge in [0.1, 0.15) is 5.60 Å². The Morgan fingerprint density at radius 1 is 1.09 bits per heavy atom. The first-order chi connectivity index (χ1) is 10.8. The van der Waals surface area contributed by atoms with E-state index < -0.39 is 16.4 Å². The van der Waals surface area contributed by atoms with Gasteiger partial charge in [-0.3, -0.25) is 4.79 Å². The molecule has 2 aromatic rings.